The average molecular weight is 332 g/mol. The fraction of sp³-hybridized carbons (Fsp3) is 0.278. The van der Waals surface area contributed by atoms with E-state index in [1.807, 2.05) is 45.4 Å². The summed E-state index contributed by atoms with van der Waals surface area (Å²) in [6.45, 7) is 1.85. The lowest BCUT2D eigenvalue weighted by Crippen LogP contribution is -2.28. The minimum absolute atomic E-state index is 0.129. The van der Waals surface area contributed by atoms with Gasteiger partial charge in [-0.15, -0.1) is 0 Å². The fourth-order valence-corrected chi connectivity index (χ4v) is 2.23. The third-order valence-corrected chi connectivity index (χ3v) is 3.79. The fourth-order valence-electron chi connectivity index (χ4n) is 2.10. The first kappa shape index (κ1) is 17.3. The van der Waals surface area contributed by atoms with Crippen LogP contribution in [-0.4, -0.2) is 45.0 Å². The maximum Gasteiger partial charge on any atom is 0.255 e. The van der Waals surface area contributed by atoms with Crippen LogP contribution in [-0.2, 0) is 0 Å². The molecule has 0 bridgehead atoms. The van der Waals surface area contributed by atoms with E-state index >= 15 is 0 Å². The van der Waals surface area contributed by atoms with E-state index in [1.165, 1.54) is 0 Å². The van der Waals surface area contributed by atoms with Crippen LogP contribution >= 0.6 is 11.6 Å². The van der Waals surface area contributed by atoms with Crippen molar-refractivity contribution in [2.24, 2.45) is 0 Å². The largest absolute Gasteiger partial charge is 0.373 e. The molecule has 2 aromatic carbocycles. The number of nitrogens with zero attached hydrogens (tertiary/aromatic N) is 2. The molecular weight excluding hydrogens is 310 g/mol. The molecule has 1 N–H and O–H groups in total. The van der Waals surface area contributed by atoms with Gasteiger partial charge in [-0.05, 0) is 56.6 Å². The summed E-state index contributed by atoms with van der Waals surface area (Å²) in [4.78, 5) is 16.6. The normalized spacial score (nSPS) is 10.7. The van der Waals surface area contributed by atoms with E-state index in [-0.39, 0.29) is 5.91 Å². The molecule has 0 fully saturated rings. The summed E-state index contributed by atoms with van der Waals surface area (Å²) in [7, 11) is 6.12. The number of hydrogen-bond donors (Lipinski definition) is 1. The first-order chi connectivity index (χ1) is 11.0. The standard InChI is InChI=1S/C18H22ClN3O/c1-21(2)11-12-22(3)17-6-4-5-14(13-17)18(23)20-16-9-7-15(19)8-10-16/h4-10,13H,11-12H2,1-3H3,(H,20,23). The van der Waals surface area contributed by atoms with Crippen LogP contribution in [0.15, 0.2) is 48.5 Å². The molecule has 2 aromatic rings. The molecule has 0 atom stereocenters. The van der Waals surface area contributed by atoms with E-state index in [2.05, 4.69) is 15.1 Å². The average Bonchev–Trinajstić information content (AvgIpc) is 2.54. The lowest BCUT2D eigenvalue weighted by Gasteiger charge is -2.22. The lowest BCUT2D eigenvalue weighted by molar-refractivity contribution is 0.102. The predicted octanol–water partition coefficient (Wildman–Crippen LogP) is 3.59. The summed E-state index contributed by atoms with van der Waals surface area (Å²) in [6.07, 6.45) is 0. The molecule has 0 aliphatic carbocycles. The first-order valence-electron chi connectivity index (χ1n) is 7.48. The van der Waals surface area contributed by atoms with Crippen molar-refractivity contribution in [1.82, 2.24) is 4.90 Å². The van der Waals surface area contributed by atoms with Crippen LogP contribution in [0.3, 0.4) is 0 Å². The molecule has 0 aromatic heterocycles. The van der Waals surface area contributed by atoms with Crippen molar-refractivity contribution in [2.45, 2.75) is 0 Å². The van der Waals surface area contributed by atoms with Crippen LogP contribution < -0.4 is 10.2 Å². The number of anilines is 2. The van der Waals surface area contributed by atoms with E-state index < -0.39 is 0 Å². The highest BCUT2D eigenvalue weighted by atomic mass is 35.5. The van der Waals surface area contributed by atoms with E-state index in [0.29, 0.717) is 10.6 Å². The Morgan fingerprint density at radius 2 is 1.74 bits per heavy atom. The minimum Gasteiger partial charge on any atom is -0.373 e. The molecule has 4 nitrogen and oxygen atoms in total. The van der Waals surface area contributed by atoms with E-state index in [1.54, 1.807) is 24.3 Å². The minimum atomic E-state index is -0.129. The Labute approximate surface area is 142 Å². The molecular formula is C18H22ClN3O. The number of rotatable bonds is 6. The number of nitrogens with one attached hydrogen (secondary N) is 1. The molecule has 5 heteroatoms. The highest BCUT2D eigenvalue weighted by molar-refractivity contribution is 6.30. The lowest BCUT2D eigenvalue weighted by atomic mass is 10.1. The zero-order valence-electron chi connectivity index (χ0n) is 13.7. The van der Waals surface area contributed by atoms with Crippen LogP contribution in [0.2, 0.25) is 5.02 Å². The van der Waals surface area contributed by atoms with E-state index in [0.717, 1.165) is 24.5 Å². The van der Waals surface area contributed by atoms with Gasteiger partial charge < -0.3 is 15.1 Å². The van der Waals surface area contributed by atoms with Crippen molar-refractivity contribution in [3.63, 3.8) is 0 Å². The Hall–Kier alpha value is -2.04. The van der Waals surface area contributed by atoms with Crippen molar-refractivity contribution in [3.05, 3.63) is 59.1 Å². The molecule has 23 heavy (non-hydrogen) atoms. The molecule has 0 spiro atoms. The Morgan fingerprint density at radius 1 is 1.04 bits per heavy atom. The highest BCUT2D eigenvalue weighted by Gasteiger charge is 2.09. The molecule has 0 saturated carbocycles. The number of carbonyl (C=O) groups excluding carboxylic acids is 1. The maximum atomic E-state index is 12.4. The number of halogens is 1. The van der Waals surface area contributed by atoms with Crippen molar-refractivity contribution >= 4 is 28.9 Å². The second-order valence-corrected chi connectivity index (χ2v) is 6.17. The van der Waals surface area contributed by atoms with Gasteiger partial charge in [0.05, 0.1) is 0 Å². The Bertz CT molecular complexity index is 656. The van der Waals surface area contributed by atoms with E-state index in [9.17, 15) is 4.79 Å². The van der Waals surface area contributed by atoms with Crippen molar-refractivity contribution in [3.8, 4) is 0 Å². The zero-order chi connectivity index (χ0) is 16.8. The second kappa shape index (κ2) is 7.99. The van der Waals surface area contributed by atoms with Gasteiger partial charge in [0.2, 0.25) is 0 Å². The monoisotopic (exact) mass is 331 g/mol. The third-order valence-electron chi connectivity index (χ3n) is 3.53. The van der Waals surface area contributed by atoms with Crippen LogP contribution in [0.4, 0.5) is 11.4 Å². The molecule has 0 aliphatic rings. The van der Waals surface area contributed by atoms with Crippen molar-refractivity contribution in [1.29, 1.82) is 0 Å². The maximum absolute atomic E-state index is 12.4. The van der Waals surface area contributed by atoms with Gasteiger partial charge in [0.15, 0.2) is 0 Å². The second-order valence-electron chi connectivity index (χ2n) is 5.74. The van der Waals surface area contributed by atoms with Gasteiger partial charge in [-0.1, -0.05) is 17.7 Å². The topological polar surface area (TPSA) is 35.6 Å². The van der Waals surface area contributed by atoms with Gasteiger partial charge in [0.1, 0.15) is 0 Å². The van der Waals surface area contributed by atoms with Gasteiger partial charge in [0, 0.05) is 42.1 Å². The molecule has 0 heterocycles. The summed E-state index contributed by atoms with van der Waals surface area (Å²) in [5.74, 6) is -0.129. The van der Waals surface area contributed by atoms with Crippen LogP contribution in [0.1, 0.15) is 10.4 Å². The van der Waals surface area contributed by atoms with Gasteiger partial charge in [0.25, 0.3) is 5.91 Å². The van der Waals surface area contributed by atoms with E-state index in [4.69, 9.17) is 11.6 Å². The quantitative estimate of drug-likeness (QED) is 0.878. The highest BCUT2D eigenvalue weighted by Crippen LogP contribution is 2.17. The van der Waals surface area contributed by atoms with Gasteiger partial charge in [-0.2, -0.15) is 0 Å². The molecule has 122 valence electrons. The summed E-state index contributed by atoms with van der Waals surface area (Å²) >= 11 is 5.85. The van der Waals surface area contributed by atoms with Crippen molar-refractivity contribution < 1.29 is 4.79 Å². The molecule has 0 saturated heterocycles. The van der Waals surface area contributed by atoms with Gasteiger partial charge in [-0.3, -0.25) is 4.79 Å². The van der Waals surface area contributed by atoms with Crippen LogP contribution in [0.5, 0.6) is 0 Å². The van der Waals surface area contributed by atoms with Crippen LogP contribution in [0, 0.1) is 0 Å². The molecule has 0 aliphatic heterocycles. The Kier molecular flexibility index (Phi) is 6.02. The van der Waals surface area contributed by atoms with Crippen molar-refractivity contribution in [2.75, 3.05) is 44.4 Å². The number of hydrogen-bond acceptors (Lipinski definition) is 3. The smallest absolute Gasteiger partial charge is 0.255 e. The number of carbonyl (C=O) groups is 1. The Balaban J connectivity index is 2.06. The number of likely N-dealkylation sites (N-methyl/N-ethyl adjacent to an activating group) is 2. The Morgan fingerprint density at radius 3 is 2.39 bits per heavy atom. The predicted molar refractivity (Wildman–Crippen MR) is 97.7 cm³/mol. The van der Waals surface area contributed by atoms with Gasteiger partial charge in [-0.25, -0.2) is 0 Å². The molecule has 1 amide bonds. The third kappa shape index (κ3) is 5.27. The molecule has 0 unspecified atom stereocenters. The number of amides is 1. The number of benzene rings is 2. The summed E-state index contributed by atoms with van der Waals surface area (Å²) in [5.41, 5.74) is 2.38. The summed E-state index contributed by atoms with van der Waals surface area (Å²) in [5, 5.41) is 3.52. The SMILES string of the molecule is CN(C)CCN(C)c1cccc(C(=O)Nc2ccc(Cl)cc2)c1. The van der Waals surface area contributed by atoms with Crippen LogP contribution in [0.25, 0.3) is 0 Å². The zero-order valence-corrected chi connectivity index (χ0v) is 14.5. The molecule has 2 rings (SSSR count). The molecule has 0 radical (unpaired) electrons. The summed E-state index contributed by atoms with van der Waals surface area (Å²) in [6, 6.07) is 14.7. The van der Waals surface area contributed by atoms with Gasteiger partial charge >= 0.3 is 0 Å². The summed E-state index contributed by atoms with van der Waals surface area (Å²) < 4.78 is 0. The first-order valence-corrected chi connectivity index (χ1v) is 7.86.